The predicted molar refractivity (Wildman–Crippen MR) is 257 cm³/mol. The van der Waals surface area contributed by atoms with Crippen molar-refractivity contribution in [2.75, 3.05) is 0 Å². The van der Waals surface area contributed by atoms with Gasteiger partial charge in [-0.05, 0) is 72.2 Å². The molecule has 2 N–H and O–H groups in total. The molecule has 8 nitrogen and oxygen atoms in total. The molecular formula is C52H48BClN6O2. The van der Waals surface area contributed by atoms with Crippen LogP contribution in [0.15, 0.2) is 170 Å². The lowest BCUT2D eigenvalue weighted by molar-refractivity contribution is 0.426. The second kappa shape index (κ2) is 17.4. The van der Waals surface area contributed by atoms with Gasteiger partial charge in [0.15, 0.2) is 0 Å². The van der Waals surface area contributed by atoms with Gasteiger partial charge in [0.2, 0.25) is 0 Å². The van der Waals surface area contributed by atoms with E-state index in [-0.39, 0.29) is 10.8 Å². The second-order valence-electron chi connectivity index (χ2n) is 17.3. The molecule has 0 aliphatic carbocycles. The third-order valence-electron chi connectivity index (χ3n) is 10.8. The van der Waals surface area contributed by atoms with E-state index in [4.69, 9.17) is 11.6 Å². The maximum Gasteiger partial charge on any atom is 0.488 e. The van der Waals surface area contributed by atoms with Crippen LogP contribution >= 0.6 is 11.6 Å². The average molecular weight is 835 g/mol. The Kier molecular flexibility index (Phi) is 11.8. The zero-order chi connectivity index (χ0) is 43.6. The minimum absolute atomic E-state index is 0.00880. The molecule has 6 aromatic carbocycles. The predicted octanol–water partition coefficient (Wildman–Crippen LogP) is 11.4. The maximum atomic E-state index is 9.47. The molecular weight excluding hydrogens is 787 g/mol. The molecule has 0 amide bonds. The standard InChI is InChI=1S/C26H23N3.C18H14BNO2.C8H11ClN2/c1-26(2,3)25-16-22(27-17-28-25)18-13-14-24-21(15-18)20-11-7-8-12-23(20)29(24)19-9-5-4-6-10-19;21-19(22)13-10-11-16-15-8-4-5-9-17(15)20(18(16)12-13)14-6-2-1-3-7-14;1-8(2,3)6-4-7(9)11-5-10-6/h4-17H,1-3H3;1-12,21-22H;4-5H,1-3H3. The molecule has 0 saturated heterocycles. The number of para-hydroxylation sites is 4. The first-order chi connectivity index (χ1) is 29.8. The summed E-state index contributed by atoms with van der Waals surface area (Å²) in [5.41, 5.74) is 11.3. The Hall–Kier alpha value is -6.65. The number of benzene rings is 6. The number of aromatic nitrogens is 6. The Labute approximate surface area is 367 Å². The van der Waals surface area contributed by atoms with Crippen LogP contribution in [-0.4, -0.2) is 46.2 Å². The number of nitrogens with zero attached hydrogens (tertiary/aromatic N) is 6. The van der Waals surface area contributed by atoms with Gasteiger partial charge in [0, 0.05) is 55.0 Å². The van der Waals surface area contributed by atoms with Gasteiger partial charge >= 0.3 is 7.12 Å². The molecule has 0 unspecified atom stereocenters. The molecule has 4 aromatic heterocycles. The summed E-state index contributed by atoms with van der Waals surface area (Å²) >= 11 is 5.70. The number of fused-ring (bicyclic) bond motifs is 6. The topological polar surface area (TPSA) is 102 Å². The molecule has 62 heavy (non-hydrogen) atoms. The number of rotatable bonds is 4. The minimum Gasteiger partial charge on any atom is -0.423 e. The summed E-state index contributed by atoms with van der Waals surface area (Å²) in [5.74, 6) is 0. The Morgan fingerprint density at radius 2 is 0.935 bits per heavy atom. The van der Waals surface area contributed by atoms with E-state index < -0.39 is 7.12 Å². The Balaban J connectivity index is 0.000000141. The maximum absolute atomic E-state index is 9.47. The van der Waals surface area contributed by atoms with Crippen molar-refractivity contribution in [1.82, 2.24) is 29.1 Å². The molecule has 0 bridgehead atoms. The molecule has 0 saturated carbocycles. The third-order valence-corrected chi connectivity index (χ3v) is 11.0. The third kappa shape index (κ3) is 8.74. The van der Waals surface area contributed by atoms with Crippen molar-refractivity contribution < 1.29 is 10.0 Å². The molecule has 0 aliphatic rings. The summed E-state index contributed by atoms with van der Waals surface area (Å²) in [6.45, 7) is 12.8. The first-order valence-corrected chi connectivity index (χ1v) is 21.0. The molecule has 10 aromatic rings. The van der Waals surface area contributed by atoms with Crippen molar-refractivity contribution in [3.63, 3.8) is 0 Å². The van der Waals surface area contributed by atoms with Gasteiger partial charge in [-0.1, -0.05) is 144 Å². The molecule has 10 rings (SSSR count). The summed E-state index contributed by atoms with van der Waals surface area (Å²) in [6.07, 6.45) is 3.16. The van der Waals surface area contributed by atoms with Gasteiger partial charge in [0.25, 0.3) is 0 Å². The Morgan fingerprint density at radius 3 is 1.48 bits per heavy atom. The smallest absolute Gasteiger partial charge is 0.423 e. The quantitative estimate of drug-likeness (QED) is 0.135. The lowest BCUT2D eigenvalue weighted by atomic mass is 9.80. The van der Waals surface area contributed by atoms with Crippen molar-refractivity contribution in [1.29, 1.82) is 0 Å². The normalized spacial score (nSPS) is 11.6. The van der Waals surface area contributed by atoms with E-state index in [1.54, 1.807) is 18.5 Å². The summed E-state index contributed by atoms with van der Waals surface area (Å²) in [7, 11) is -1.47. The molecule has 0 atom stereocenters. The first-order valence-electron chi connectivity index (χ1n) is 20.6. The largest absolute Gasteiger partial charge is 0.488 e. The van der Waals surface area contributed by atoms with Crippen LogP contribution in [0.5, 0.6) is 0 Å². The highest BCUT2D eigenvalue weighted by Crippen LogP contribution is 2.35. The van der Waals surface area contributed by atoms with Gasteiger partial charge in [-0.25, -0.2) is 19.9 Å². The van der Waals surface area contributed by atoms with Crippen molar-refractivity contribution in [2.24, 2.45) is 0 Å². The number of hydrogen-bond acceptors (Lipinski definition) is 6. The fourth-order valence-electron chi connectivity index (χ4n) is 7.66. The summed E-state index contributed by atoms with van der Waals surface area (Å²) < 4.78 is 4.48. The Bertz CT molecular complexity index is 3150. The van der Waals surface area contributed by atoms with E-state index in [1.165, 1.54) is 33.8 Å². The van der Waals surface area contributed by atoms with Crippen molar-refractivity contribution in [3.8, 4) is 22.6 Å². The van der Waals surface area contributed by atoms with E-state index in [9.17, 15) is 10.0 Å². The SMILES string of the molecule is CC(C)(C)c1cc(-c2ccc3c(c2)c2ccccc2n3-c2ccccc2)ncn1.CC(C)(C)c1cc(Cl)ncn1.OB(O)c1ccc2c3ccccc3n(-c3ccccc3)c2c1. The van der Waals surface area contributed by atoms with Crippen LogP contribution in [0, 0.1) is 0 Å². The minimum atomic E-state index is -1.47. The van der Waals surface area contributed by atoms with Crippen LogP contribution in [0.2, 0.25) is 5.15 Å². The zero-order valence-corrected chi connectivity index (χ0v) is 36.5. The zero-order valence-electron chi connectivity index (χ0n) is 35.7. The lowest BCUT2D eigenvalue weighted by Gasteiger charge is -2.17. The first kappa shape index (κ1) is 42.1. The fraction of sp³-hybridized carbons (Fsp3) is 0.154. The lowest BCUT2D eigenvalue weighted by Crippen LogP contribution is -2.29. The summed E-state index contributed by atoms with van der Waals surface area (Å²) in [4.78, 5) is 17.0. The monoisotopic (exact) mass is 834 g/mol. The average Bonchev–Trinajstić information content (AvgIpc) is 3.79. The number of hydrogen-bond donors (Lipinski definition) is 2. The van der Waals surface area contributed by atoms with Gasteiger partial charge < -0.3 is 19.2 Å². The van der Waals surface area contributed by atoms with Gasteiger partial charge in [-0.2, -0.15) is 0 Å². The van der Waals surface area contributed by atoms with Crippen LogP contribution < -0.4 is 5.46 Å². The van der Waals surface area contributed by atoms with Crippen LogP contribution in [-0.2, 0) is 10.8 Å². The van der Waals surface area contributed by atoms with Crippen LogP contribution in [0.25, 0.3) is 66.2 Å². The van der Waals surface area contributed by atoms with E-state index in [0.29, 0.717) is 10.6 Å². The molecule has 0 aliphatic heterocycles. The number of halogens is 1. The van der Waals surface area contributed by atoms with Crippen molar-refractivity contribution in [2.45, 2.75) is 52.4 Å². The molecule has 0 radical (unpaired) electrons. The van der Waals surface area contributed by atoms with Gasteiger partial charge in [-0.15, -0.1) is 0 Å². The molecule has 10 heteroatoms. The van der Waals surface area contributed by atoms with Crippen molar-refractivity contribution in [3.05, 3.63) is 187 Å². The molecule has 0 spiro atoms. The highest BCUT2D eigenvalue weighted by molar-refractivity contribution is 6.59. The van der Waals surface area contributed by atoms with Gasteiger partial charge in [0.1, 0.15) is 17.8 Å². The van der Waals surface area contributed by atoms with Crippen molar-refractivity contribution >= 4 is 67.8 Å². The van der Waals surface area contributed by atoms with E-state index in [2.05, 4.69) is 162 Å². The highest BCUT2D eigenvalue weighted by atomic mass is 35.5. The molecule has 4 heterocycles. The highest BCUT2D eigenvalue weighted by Gasteiger charge is 2.19. The van der Waals surface area contributed by atoms with E-state index >= 15 is 0 Å². The Morgan fingerprint density at radius 1 is 0.452 bits per heavy atom. The van der Waals surface area contributed by atoms with E-state index in [1.807, 2.05) is 54.6 Å². The second-order valence-corrected chi connectivity index (χ2v) is 17.7. The van der Waals surface area contributed by atoms with Crippen LogP contribution in [0.3, 0.4) is 0 Å². The summed E-state index contributed by atoms with van der Waals surface area (Å²) in [5, 5.41) is 24.2. The fourth-order valence-corrected chi connectivity index (χ4v) is 7.81. The summed E-state index contributed by atoms with van der Waals surface area (Å²) in [6, 6.07) is 53.5. The van der Waals surface area contributed by atoms with Gasteiger partial charge in [0.05, 0.1) is 33.5 Å². The van der Waals surface area contributed by atoms with Crippen LogP contribution in [0.4, 0.5) is 0 Å². The van der Waals surface area contributed by atoms with Crippen LogP contribution in [0.1, 0.15) is 52.9 Å². The molecule has 0 fully saturated rings. The van der Waals surface area contributed by atoms with Gasteiger partial charge in [-0.3, -0.25) is 0 Å². The van der Waals surface area contributed by atoms with E-state index in [0.717, 1.165) is 50.1 Å². The molecule has 308 valence electrons.